The van der Waals surface area contributed by atoms with Gasteiger partial charge in [-0.15, -0.1) is 0 Å². The fourth-order valence-electron chi connectivity index (χ4n) is 2.88. The molecule has 0 aliphatic rings. The molecule has 1 amide bonds. The second kappa shape index (κ2) is 11.1. The molecule has 0 fully saturated rings. The molecule has 0 unspecified atom stereocenters. The zero-order valence-electron chi connectivity index (χ0n) is 16.8. The number of benzene rings is 2. The quantitative estimate of drug-likeness (QED) is 0.277. The smallest absolute Gasteiger partial charge is 0.308 e. The molecule has 0 bridgehead atoms. The summed E-state index contributed by atoms with van der Waals surface area (Å²) in [5.74, 6) is -2.37. The number of hydrogen-bond donors (Lipinski definition) is 1. The highest BCUT2D eigenvalue weighted by Crippen LogP contribution is 2.17. The van der Waals surface area contributed by atoms with Gasteiger partial charge in [-0.25, -0.2) is 4.39 Å². The maximum absolute atomic E-state index is 14.1. The SMILES string of the molecule is CCCCCCc1ccc(C(=O)CNC(=O)c2ccc(OC(C)=O)cc2F)cc1. The van der Waals surface area contributed by atoms with Gasteiger partial charge in [-0.3, -0.25) is 14.4 Å². The first-order valence-corrected chi connectivity index (χ1v) is 9.79. The Morgan fingerprint density at radius 1 is 1.00 bits per heavy atom. The first-order valence-electron chi connectivity index (χ1n) is 9.79. The third-order valence-electron chi connectivity index (χ3n) is 4.45. The monoisotopic (exact) mass is 399 g/mol. The number of carbonyl (C=O) groups is 3. The first kappa shape index (κ1) is 22.3. The van der Waals surface area contributed by atoms with Crippen molar-refractivity contribution in [1.82, 2.24) is 5.32 Å². The van der Waals surface area contributed by atoms with Crippen LogP contribution in [0.3, 0.4) is 0 Å². The summed E-state index contributed by atoms with van der Waals surface area (Å²) in [6.07, 6.45) is 5.72. The second-order valence-corrected chi connectivity index (χ2v) is 6.85. The number of halogens is 1. The Balaban J connectivity index is 1.88. The zero-order chi connectivity index (χ0) is 21.2. The number of aryl methyl sites for hydroxylation is 1. The lowest BCUT2D eigenvalue weighted by molar-refractivity contribution is -0.131. The molecular weight excluding hydrogens is 373 g/mol. The van der Waals surface area contributed by atoms with Gasteiger partial charge in [0.25, 0.3) is 5.91 Å². The molecule has 0 saturated carbocycles. The maximum Gasteiger partial charge on any atom is 0.308 e. The Labute approximate surface area is 170 Å². The van der Waals surface area contributed by atoms with Gasteiger partial charge >= 0.3 is 5.97 Å². The molecule has 154 valence electrons. The molecule has 0 heterocycles. The average Bonchev–Trinajstić information content (AvgIpc) is 2.69. The number of unbranched alkanes of at least 4 members (excludes halogenated alkanes) is 3. The Kier molecular flexibility index (Phi) is 8.52. The van der Waals surface area contributed by atoms with Crippen LogP contribution < -0.4 is 10.1 Å². The summed E-state index contributed by atoms with van der Waals surface area (Å²) in [6, 6.07) is 10.8. The second-order valence-electron chi connectivity index (χ2n) is 6.85. The van der Waals surface area contributed by atoms with E-state index in [4.69, 9.17) is 4.74 Å². The number of hydrogen-bond acceptors (Lipinski definition) is 4. The minimum absolute atomic E-state index is 0.0115. The van der Waals surface area contributed by atoms with E-state index in [1.165, 1.54) is 43.9 Å². The maximum atomic E-state index is 14.1. The molecule has 2 aromatic rings. The van der Waals surface area contributed by atoms with E-state index in [1.54, 1.807) is 12.1 Å². The molecule has 2 aromatic carbocycles. The standard InChI is InChI=1S/C23H26FNO4/c1-3-4-5-6-7-17-8-10-18(11-9-17)22(27)15-25-23(28)20-13-12-19(14-21(20)24)29-16(2)26/h8-14H,3-7,15H2,1-2H3,(H,25,28). The molecule has 1 N–H and O–H groups in total. The van der Waals surface area contributed by atoms with E-state index in [0.29, 0.717) is 5.56 Å². The van der Waals surface area contributed by atoms with Gasteiger partial charge in [0.1, 0.15) is 11.6 Å². The lowest BCUT2D eigenvalue weighted by atomic mass is 10.0. The van der Waals surface area contributed by atoms with E-state index >= 15 is 0 Å². The van der Waals surface area contributed by atoms with Gasteiger partial charge in [-0.2, -0.15) is 0 Å². The Bertz CT molecular complexity index is 862. The fourth-order valence-corrected chi connectivity index (χ4v) is 2.88. The van der Waals surface area contributed by atoms with Crippen LogP contribution in [0.2, 0.25) is 0 Å². The van der Waals surface area contributed by atoms with Crippen LogP contribution in [0.5, 0.6) is 5.75 Å². The lowest BCUT2D eigenvalue weighted by Gasteiger charge is -2.08. The van der Waals surface area contributed by atoms with Crippen LogP contribution in [0.4, 0.5) is 4.39 Å². The Hall–Kier alpha value is -3.02. The van der Waals surface area contributed by atoms with E-state index in [2.05, 4.69) is 12.2 Å². The van der Waals surface area contributed by atoms with Gasteiger partial charge in [-0.1, -0.05) is 50.5 Å². The van der Waals surface area contributed by atoms with Crippen LogP contribution in [-0.2, 0) is 11.2 Å². The number of nitrogens with one attached hydrogen (secondary N) is 1. The van der Waals surface area contributed by atoms with Crippen molar-refractivity contribution in [3.8, 4) is 5.75 Å². The van der Waals surface area contributed by atoms with Crippen LogP contribution in [-0.4, -0.2) is 24.2 Å². The van der Waals surface area contributed by atoms with Gasteiger partial charge in [0, 0.05) is 18.6 Å². The third kappa shape index (κ3) is 7.14. The summed E-state index contributed by atoms with van der Waals surface area (Å²) in [6.45, 7) is 3.13. The number of ether oxygens (including phenoxy) is 1. The molecule has 2 rings (SSSR count). The number of amides is 1. The predicted octanol–water partition coefficient (Wildman–Crippen LogP) is 4.49. The van der Waals surface area contributed by atoms with E-state index < -0.39 is 17.7 Å². The highest BCUT2D eigenvalue weighted by atomic mass is 19.1. The van der Waals surface area contributed by atoms with Gasteiger partial charge in [-0.05, 0) is 30.5 Å². The predicted molar refractivity (Wildman–Crippen MR) is 109 cm³/mol. The largest absolute Gasteiger partial charge is 0.427 e. The van der Waals surface area contributed by atoms with Crippen LogP contribution in [0, 0.1) is 5.82 Å². The van der Waals surface area contributed by atoms with Gasteiger partial charge in [0.2, 0.25) is 0 Å². The first-order chi connectivity index (χ1) is 13.9. The van der Waals surface area contributed by atoms with E-state index in [0.717, 1.165) is 18.9 Å². The van der Waals surface area contributed by atoms with Crippen LogP contribution in [0.25, 0.3) is 0 Å². The van der Waals surface area contributed by atoms with Crippen molar-refractivity contribution in [3.63, 3.8) is 0 Å². The van der Waals surface area contributed by atoms with Crippen LogP contribution in [0.15, 0.2) is 42.5 Å². The summed E-state index contributed by atoms with van der Waals surface area (Å²) in [5, 5.41) is 2.42. The molecular formula is C23H26FNO4. The van der Waals surface area contributed by atoms with Gasteiger partial charge in [0.15, 0.2) is 5.78 Å². The van der Waals surface area contributed by atoms with Crippen LogP contribution in [0.1, 0.15) is 65.8 Å². The molecule has 0 spiro atoms. The van der Waals surface area contributed by atoms with E-state index in [-0.39, 0.29) is 23.6 Å². The molecule has 0 aliphatic carbocycles. The molecule has 6 heteroatoms. The Morgan fingerprint density at radius 2 is 1.72 bits per heavy atom. The van der Waals surface area contributed by atoms with Crippen molar-refractivity contribution in [2.75, 3.05) is 6.54 Å². The van der Waals surface area contributed by atoms with Crippen molar-refractivity contribution in [2.24, 2.45) is 0 Å². The topological polar surface area (TPSA) is 72.5 Å². The van der Waals surface area contributed by atoms with Crippen LogP contribution >= 0.6 is 0 Å². The molecule has 0 aliphatic heterocycles. The van der Waals surface area contributed by atoms with E-state index in [1.807, 2.05) is 12.1 Å². The summed E-state index contributed by atoms with van der Waals surface area (Å²) >= 11 is 0. The summed E-state index contributed by atoms with van der Waals surface area (Å²) < 4.78 is 18.8. The lowest BCUT2D eigenvalue weighted by Crippen LogP contribution is -2.30. The number of ketones is 1. The highest BCUT2D eigenvalue weighted by Gasteiger charge is 2.15. The summed E-state index contributed by atoms with van der Waals surface area (Å²) in [7, 11) is 0. The molecule has 29 heavy (non-hydrogen) atoms. The summed E-state index contributed by atoms with van der Waals surface area (Å²) in [4.78, 5) is 35.3. The number of carbonyl (C=O) groups excluding carboxylic acids is 3. The summed E-state index contributed by atoms with van der Waals surface area (Å²) in [5.41, 5.74) is 1.45. The van der Waals surface area contributed by atoms with Crippen molar-refractivity contribution in [1.29, 1.82) is 0 Å². The number of rotatable bonds is 10. The van der Waals surface area contributed by atoms with E-state index in [9.17, 15) is 18.8 Å². The van der Waals surface area contributed by atoms with Crippen molar-refractivity contribution < 1.29 is 23.5 Å². The fraction of sp³-hybridized carbons (Fsp3) is 0.348. The number of Topliss-reactive ketones (excluding diaryl/α,β-unsaturated/α-hetero) is 1. The molecule has 0 radical (unpaired) electrons. The molecule has 5 nitrogen and oxygen atoms in total. The third-order valence-corrected chi connectivity index (χ3v) is 4.45. The molecule has 0 atom stereocenters. The minimum Gasteiger partial charge on any atom is -0.427 e. The average molecular weight is 399 g/mol. The Morgan fingerprint density at radius 3 is 2.34 bits per heavy atom. The highest BCUT2D eigenvalue weighted by molar-refractivity contribution is 6.02. The molecule has 0 aromatic heterocycles. The van der Waals surface area contributed by atoms with Crippen molar-refractivity contribution in [2.45, 2.75) is 46.0 Å². The normalized spacial score (nSPS) is 10.4. The van der Waals surface area contributed by atoms with Crippen molar-refractivity contribution in [3.05, 3.63) is 65.0 Å². The van der Waals surface area contributed by atoms with Crippen molar-refractivity contribution >= 4 is 17.7 Å². The van der Waals surface area contributed by atoms with Gasteiger partial charge < -0.3 is 10.1 Å². The zero-order valence-corrected chi connectivity index (χ0v) is 16.8. The van der Waals surface area contributed by atoms with Gasteiger partial charge in [0.05, 0.1) is 12.1 Å². The minimum atomic E-state index is -0.832. The number of esters is 1. The molecule has 0 saturated heterocycles.